The zero-order chi connectivity index (χ0) is 10.2. The second kappa shape index (κ2) is 3.13. The van der Waals surface area contributed by atoms with Gasteiger partial charge in [0.2, 0.25) is 0 Å². The van der Waals surface area contributed by atoms with E-state index >= 15 is 0 Å². The molecule has 1 aliphatic heterocycles. The molecule has 0 amide bonds. The monoisotopic (exact) mass is 197 g/mol. The number of benzene rings is 1. The molecular weight excluding hydrogens is 185 g/mol. The molecule has 0 unspecified atom stereocenters. The average molecular weight is 197 g/mol. The van der Waals surface area contributed by atoms with Gasteiger partial charge in [-0.05, 0) is 19.1 Å². The van der Waals surface area contributed by atoms with Gasteiger partial charge in [-0.3, -0.25) is 0 Å². The van der Waals surface area contributed by atoms with Gasteiger partial charge in [-0.15, -0.1) is 0 Å². The molecular formula is C10H12FNO2. The van der Waals surface area contributed by atoms with Gasteiger partial charge in [0.15, 0.2) is 17.3 Å². The topological polar surface area (TPSA) is 41.5 Å². The van der Waals surface area contributed by atoms with Crippen LogP contribution in [0.1, 0.15) is 6.92 Å². The largest absolute Gasteiger partial charge is 0.502 e. The Balaban J connectivity index is 2.20. The Labute approximate surface area is 81.5 Å². The molecule has 1 saturated heterocycles. The summed E-state index contributed by atoms with van der Waals surface area (Å²) in [5.74, 6) is -0.868. The number of ether oxygens (including phenoxy) is 1. The molecule has 0 saturated carbocycles. The van der Waals surface area contributed by atoms with E-state index in [1.165, 1.54) is 12.1 Å². The van der Waals surface area contributed by atoms with E-state index in [1.54, 1.807) is 6.07 Å². The third kappa shape index (κ3) is 1.53. The van der Waals surface area contributed by atoms with Crippen LogP contribution in [0.25, 0.3) is 0 Å². The molecule has 2 rings (SSSR count). The summed E-state index contributed by atoms with van der Waals surface area (Å²) in [5, 5.41) is 12.4. The van der Waals surface area contributed by atoms with E-state index in [2.05, 4.69) is 5.32 Å². The van der Waals surface area contributed by atoms with Gasteiger partial charge in [-0.2, -0.15) is 0 Å². The van der Waals surface area contributed by atoms with Crippen molar-refractivity contribution in [2.75, 3.05) is 13.1 Å². The highest BCUT2D eigenvalue weighted by Crippen LogP contribution is 2.32. The van der Waals surface area contributed by atoms with E-state index in [-0.39, 0.29) is 11.4 Å². The minimum Gasteiger partial charge on any atom is -0.502 e. The number of rotatable bonds is 2. The first-order chi connectivity index (χ1) is 6.61. The van der Waals surface area contributed by atoms with Gasteiger partial charge in [0.25, 0.3) is 0 Å². The Morgan fingerprint density at radius 3 is 2.79 bits per heavy atom. The van der Waals surface area contributed by atoms with Crippen molar-refractivity contribution in [3.63, 3.8) is 0 Å². The second-order valence-corrected chi connectivity index (χ2v) is 3.74. The van der Waals surface area contributed by atoms with Gasteiger partial charge in [0.05, 0.1) is 0 Å². The van der Waals surface area contributed by atoms with Crippen LogP contribution in [0.5, 0.6) is 11.5 Å². The number of phenols is 1. The van der Waals surface area contributed by atoms with Gasteiger partial charge >= 0.3 is 0 Å². The van der Waals surface area contributed by atoms with Crippen molar-refractivity contribution in [3.05, 3.63) is 24.0 Å². The number of phenolic OH excluding ortho intramolecular Hbond substituents is 1. The molecule has 14 heavy (non-hydrogen) atoms. The lowest BCUT2D eigenvalue weighted by Gasteiger charge is -2.39. The van der Waals surface area contributed by atoms with Crippen LogP contribution in [-0.2, 0) is 0 Å². The molecule has 1 aliphatic rings. The van der Waals surface area contributed by atoms with Crippen LogP contribution in [0.4, 0.5) is 4.39 Å². The zero-order valence-electron chi connectivity index (χ0n) is 7.88. The van der Waals surface area contributed by atoms with Crippen LogP contribution in [0.15, 0.2) is 18.2 Å². The average Bonchev–Trinajstić information content (AvgIpc) is 2.10. The predicted octanol–water partition coefficient (Wildman–Crippen LogP) is 1.27. The van der Waals surface area contributed by atoms with Crippen LogP contribution in [0.2, 0.25) is 0 Å². The van der Waals surface area contributed by atoms with Crippen molar-refractivity contribution < 1.29 is 14.2 Å². The molecule has 2 N–H and O–H groups in total. The summed E-state index contributed by atoms with van der Waals surface area (Å²) in [7, 11) is 0. The molecule has 0 atom stereocenters. The lowest BCUT2D eigenvalue weighted by Crippen LogP contribution is -2.61. The quantitative estimate of drug-likeness (QED) is 0.750. The van der Waals surface area contributed by atoms with E-state index in [1.807, 2.05) is 6.92 Å². The SMILES string of the molecule is CC1(Oc2cccc(F)c2O)CNC1. The molecule has 0 radical (unpaired) electrons. The maximum Gasteiger partial charge on any atom is 0.194 e. The number of hydrogen-bond donors (Lipinski definition) is 2. The number of hydrogen-bond acceptors (Lipinski definition) is 3. The summed E-state index contributed by atoms with van der Waals surface area (Å²) in [5.41, 5.74) is -0.328. The van der Waals surface area contributed by atoms with E-state index in [0.717, 1.165) is 0 Å². The summed E-state index contributed by atoms with van der Waals surface area (Å²) in [4.78, 5) is 0. The van der Waals surface area contributed by atoms with Crippen LogP contribution >= 0.6 is 0 Å². The third-order valence-corrected chi connectivity index (χ3v) is 2.30. The highest BCUT2D eigenvalue weighted by Gasteiger charge is 2.34. The van der Waals surface area contributed by atoms with Crippen LogP contribution in [0, 0.1) is 5.82 Å². The fraction of sp³-hybridized carbons (Fsp3) is 0.400. The molecule has 1 aromatic rings. The van der Waals surface area contributed by atoms with Crippen LogP contribution in [0.3, 0.4) is 0 Å². The lowest BCUT2D eigenvalue weighted by atomic mass is 10.00. The number of halogens is 1. The summed E-state index contributed by atoms with van der Waals surface area (Å²) >= 11 is 0. The maximum absolute atomic E-state index is 12.9. The van der Waals surface area contributed by atoms with Gasteiger partial charge in [0, 0.05) is 13.1 Å². The fourth-order valence-corrected chi connectivity index (χ4v) is 1.39. The van der Waals surface area contributed by atoms with Crippen LogP contribution in [-0.4, -0.2) is 23.8 Å². The standard InChI is InChI=1S/C10H12FNO2/c1-10(5-12-6-10)14-8-4-2-3-7(11)9(8)13/h2-4,12-13H,5-6H2,1H3. The molecule has 1 fully saturated rings. The Kier molecular flexibility index (Phi) is 2.07. The number of para-hydroxylation sites is 1. The minimum absolute atomic E-state index is 0.203. The molecule has 0 bridgehead atoms. The molecule has 1 heterocycles. The van der Waals surface area contributed by atoms with Crippen LogP contribution < -0.4 is 10.1 Å². The minimum atomic E-state index is -0.654. The first-order valence-electron chi connectivity index (χ1n) is 4.48. The summed E-state index contributed by atoms with van der Waals surface area (Å²) in [6, 6.07) is 4.27. The lowest BCUT2D eigenvalue weighted by molar-refractivity contribution is 0.0319. The molecule has 3 nitrogen and oxygen atoms in total. The normalized spacial score (nSPS) is 18.7. The Hall–Kier alpha value is -1.29. The molecule has 0 spiro atoms. The first kappa shape index (κ1) is 9.27. The van der Waals surface area contributed by atoms with Crippen molar-refractivity contribution in [1.29, 1.82) is 0 Å². The van der Waals surface area contributed by atoms with Gasteiger partial charge in [-0.25, -0.2) is 4.39 Å². The van der Waals surface area contributed by atoms with Crippen molar-refractivity contribution in [3.8, 4) is 11.5 Å². The molecule has 0 aromatic heterocycles. The van der Waals surface area contributed by atoms with Gasteiger partial charge < -0.3 is 15.2 Å². The Bertz CT molecular complexity index is 350. The summed E-state index contributed by atoms with van der Waals surface area (Å²) < 4.78 is 18.4. The number of aromatic hydroxyl groups is 1. The molecule has 76 valence electrons. The fourth-order valence-electron chi connectivity index (χ4n) is 1.39. The van der Waals surface area contributed by atoms with Crippen molar-refractivity contribution in [2.24, 2.45) is 0 Å². The smallest absolute Gasteiger partial charge is 0.194 e. The third-order valence-electron chi connectivity index (χ3n) is 2.30. The van der Waals surface area contributed by atoms with Crippen molar-refractivity contribution >= 4 is 0 Å². The van der Waals surface area contributed by atoms with E-state index < -0.39 is 11.6 Å². The van der Waals surface area contributed by atoms with E-state index in [0.29, 0.717) is 13.1 Å². The summed E-state index contributed by atoms with van der Waals surface area (Å²) in [6.45, 7) is 3.33. The van der Waals surface area contributed by atoms with E-state index in [9.17, 15) is 9.50 Å². The Morgan fingerprint density at radius 1 is 1.50 bits per heavy atom. The molecule has 0 aliphatic carbocycles. The highest BCUT2D eigenvalue weighted by molar-refractivity contribution is 5.40. The zero-order valence-corrected chi connectivity index (χ0v) is 7.88. The Morgan fingerprint density at radius 2 is 2.21 bits per heavy atom. The van der Waals surface area contributed by atoms with Gasteiger partial charge in [-0.1, -0.05) is 6.07 Å². The van der Waals surface area contributed by atoms with Crippen molar-refractivity contribution in [2.45, 2.75) is 12.5 Å². The number of nitrogens with one attached hydrogen (secondary N) is 1. The second-order valence-electron chi connectivity index (χ2n) is 3.74. The predicted molar refractivity (Wildman–Crippen MR) is 50.0 cm³/mol. The summed E-state index contributed by atoms with van der Waals surface area (Å²) in [6.07, 6.45) is 0. The van der Waals surface area contributed by atoms with E-state index in [4.69, 9.17) is 4.74 Å². The molecule has 4 heteroatoms. The molecule has 1 aromatic carbocycles. The maximum atomic E-state index is 12.9. The van der Waals surface area contributed by atoms with Crippen molar-refractivity contribution in [1.82, 2.24) is 5.32 Å². The first-order valence-corrected chi connectivity index (χ1v) is 4.48. The highest BCUT2D eigenvalue weighted by atomic mass is 19.1. The van der Waals surface area contributed by atoms with Gasteiger partial charge in [0.1, 0.15) is 5.60 Å².